The topological polar surface area (TPSA) is 72.1 Å². The summed E-state index contributed by atoms with van der Waals surface area (Å²) in [5, 5.41) is 0. The van der Waals surface area contributed by atoms with E-state index in [1.54, 1.807) is 18.3 Å². The number of carbonyl (C=O) groups excluding carboxylic acids is 1. The van der Waals surface area contributed by atoms with Crippen LogP contribution in [0.5, 0.6) is 0 Å². The fraction of sp³-hybridized carbons (Fsp3) is 0.267. The molecule has 2 aromatic rings. The predicted molar refractivity (Wildman–Crippen MR) is 82.0 cm³/mol. The summed E-state index contributed by atoms with van der Waals surface area (Å²) >= 11 is -0.146. The summed E-state index contributed by atoms with van der Waals surface area (Å²) < 4.78 is 36.9. The number of hydrogen-bond acceptors (Lipinski definition) is 4. The smallest absolute Gasteiger partial charge is 0.351 e. The van der Waals surface area contributed by atoms with Crippen LogP contribution in [0.15, 0.2) is 35.4 Å². The molecule has 0 atom stereocenters. The van der Waals surface area contributed by atoms with Crippen LogP contribution in [0.3, 0.4) is 0 Å². The van der Waals surface area contributed by atoms with Crippen molar-refractivity contribution in [3.05, 3.63) is 53.1 Å². The summed E-state index contributed by atoms with van der Waals surface area (Å²) in [5.74, 6) is 0.552. The minimum atomic E-state index is -4.29. The quantitative estimate of drug-likeness (QED) is 0.860. The predicted octanol–water partition coefficient (Wildman–Crippen LogP) is 3.07. The Morgan fingerprint density at radius 3 is 2.58 bits per heavy atom. The van der Waals surface area contributed by atoms with Gasteiger partial charge in [-0.15, -0.1) is 0 Å². The highest BCUT2D eigenvalue weighted by molar-refractivity contribution is 8.00. The van der Waals surface area contributed by atoms with Gasteiger partial charge in [-0.25, -0.2) is 14.8 Å². The van der Waals surface area contributed by atoms with E-state index in [4.69, 9.17) is 5.73 Å². The molecule has 0 radical (unpaired) electrons. The van der Waals surface area contributed by atoms with E-state index in [-0.39, 0.29) is 16.7 Å². The average molecular weight is 354 g/mol. The fourth-order valence-electron chi connectivity index (χ4n) is 2.43. The number of aromatic nitrogens is 2. The third-order valence-electron chi connectivity index (χ3n) is 3.54. The highest BCUT2D eigenvalue weighted by atomic mass is 32.2. The summed E-state index contributed by atoms with van der Waals surface area (Å²) in [6, 6.07) is 5.60. The number of nitrogens with zero attached hydrogens (tertiary/aromatic N) is 3. The lowest BCUT2D eigenvalue weighted by Crippen LogP contribution is -2.30. The van der Waals surface area contributed by atoms with Crippen LogP contribution in [0.2, 0.25) is 0 Å². The molecule has 1 aromatic heterocycles. The van der Waals surface area contributed by atoms with Gasteiger partial charge in [-0.2, -0.15) is 13.2 Å². The SMILES string of the molecule is NC(=O)N1Cc2cnc(Cc3ccc(SC(F)(F)F)cc3)nc2C1. The van der Waals surface area contributed by atoms with Crippen LogP contribution >= 0.6 is 11.8 Å². The Morgan fingerprint density at radius 1 is 1.25 bits per heavy atom. The molecule has 24 heavy (non-hydrogen) atoms. The highest BCUT2D eigenvalue weighted by Crippen LogP contribution is 2.36. The Kier molecular flexibility index (Phi) is 4.35. The van der Waals surface area contributed by atoms with Gasteiger partial charge in [-0.1, -0.05) is 12.1 Å². The second-order valence-electron chi connectivity index (χ2n) is 5.32. The third-order valence-corrected chi connectivity index (χ3v) is 4.28. The van der Waals surface area contributed by atoms with E-state index in [0.717, 1.165) is 16.8 Å². The first kappa shape index (κ1) is 16.6. The van der Waals surface area contributed by atoms with Gasteiger partial charge in [-0.3, -0.25) is 0 Å². The van der Waals surface area contributed by atoms with Crippen molar-refractivity contribution in [2.75, 3.05) is 0 Å². The van der Waals surface area contributed by atoms with Crippen molar-refractivity contribution in [1.29, 1.82) is 0 Å². The van der Waals surface area contributed by atoms with Gasteiger partial charge in [0.2, 0.25) is 0 Å². The summed E-state index contributed by atoms with van der Waals surface area (Å²) in [7, 11) is 0. The minimum Gasteiger partial charge on any atom is -0.351 e. The Balaban J connectivity index is 1.69. The molecule has 2 amide bonds. The van der Waals surface area contributed by atoms with Crippen LogP contribution in [0.25, 0.3) is 0 Å². The molecule has 0 spiro atoms. The number of fused-ring (bicyclic) bond motifs is 1. The molecule has 5 nitrogen and oxygen atoms in total. The van der Waals surface area contributed by atoms with Gasteiger partial charge in [-0.05, 0) is 29.5 Å². The molecule has 2 N–H and O–H groups in total. The van der Waals surface area contributed by atoms with E-state index < -0.39 is 11.5 Å². The molecule has 0 unspecified atom stereocenters. The van der Waals surface area contributed by atoms with Crippen molar-refractivity contribution >= 4 is 17.8 Å². The van der Waals surface area contributed by atoms with E-state index in [2.05, 4.69) is 9.97 Å². The normalized spacial score (nSPS) is 13.9. The van der Waals surface area contributed by atoms with Crippen molar-refractivity contribution < 1.29 is 18.0 Å². The van der Waals surface area contributed by atoms with Crippen molar-refractivity contribution in [3.63, 3.8) is 0 Å². The second kappa shape index (κ2) is 6.31. The standard InChI is InChI=1S/C15H13F3N4OS/c16-15(17,18)24-11-3-1-9(2-4-11)5-13-20-6-10-7-22(14(19)23)8-12(10)21-13/h1-4,6H,5,7-8H2,(H2,19,23). The minimum absolute atomic E-state index is 0.137. The number of urea groups is 1. The zero-order valence-corrected chi connectivity index (χ0v) is 13.2. The summed E-state index contributed by atoms with van der Waals surface area (Å²) in [4.78, 5) is 21.5. The first-order valence-corrected chi connectivity index (χ1v) is 7.84. The number of nitrogens with two attached hydrogens (primary N) is 1. The van der Waals surface area contributed by atoms with Crippen molar-refractivity contribution in [1.82, 2.24) is 14.9 Å². The van der Waals surface area contributed by atoms with Crippen molar-refractivity contribution in [2.24, 2.45) is 5.73 Å². The van der Waals surface area contributed by atoms with Gasteiger partial charge in [0.05, 0.1) is 18.8 Å². The summed E-state index contributed by atoms with van der Waals surface area (Å²) in [5.41, 5.74) is 3.38. The molecule has 0 saturated heterocycles. The third kappa shape index (κ3) is 3.97. The number of thioether (sulfide) groups is 1. The largest absolute Gasteiger partial charge is 0.446 e. The number of rotatable bonds is 3. The average Bonchev–Trinajstić information content (AvgIpc) is 2.91. The van der Waals surface area contributed by atoms with E-state index >= 15 is 0 Å². The second-order valence-corrected chi connectivity index (χ2v) is 6.46. The summed E-state index contributed by atoms with van der Waals surface area (Å²) in [6.45, 7) is 0.746. The number of primary amides is 1. The Bertz CT molecular complexity index is 764. The van der Waals surface area contributed by atoms with E-state index in [1.807, 2.05) is 0 Å². The summed E-state index contributed by atoms with van der Waals surface area (Å²) in [6.07, 6.45) is 2.06. The van der Waals surface area contributed by atoms with Gasteiger partial charge >= 0.3 is 11.5 Å². The Hall–Kier alpha value is -2.29. The van der Waals surface area contributed by atoms with Crippen molar-refractivity contribution in [2.45, 2.75) is 29.9 Å². The molecule has 126 valence electrons. The number of benzene rings is 1. The lowest BCUT2D eigenvalue weighted by molar-refractivity contribution is -0.0328. The molecule has 2 heterocycles. The van der Waals surface area contributed by atoms with Gasteiger partial charge in [0, 0.05) is 23.1 Å². The molecule has 3 rings (SSSR count). The van der Waals surface area contributed by atoms with E-state index in [9.17, 15) is 18.0 Å². The number of carbonyl (C=O) groups is 1. The molecule has 9 heteroatoms. The molecule has 0 saturated carbocycles. The van der Waals surface area contributed by atoms with Crippen LogP contribution < -0.4 is 5.73 Å². The maximum atomic E-state index is 12.3. The molecule has 0 bridgehead atoms. The first-order valence-electron chi connectivity index (χ1n) is 7.03. The molecular weight excluding hydrogens is 341 g/mol. The monoisotopic (exact) mass is 354 g/mol. The number of amides is 2. The van der Waals surface area contributed by atoms with E-state index in [0.29, 0.717) is 25.3 Å². The van der Waals surface area contributed by atoms with Gasteiger partial charge < -0.3 is 10.6 Å². The van der Waals surface area contributed by atoms with Crippen LogP contribution in [-0.4, -0.2) is 26.4 Å². The molecule has 1 aliphatic heterocycles. The molecule has 1 aromatic carbocycles. The maximum absolute atomic E-state index is 12.3. The lowest BCUT2D eigenvalue weighted by atomic mass is 10.1. The highest BCUT2D eigenvalue weighted by Gasteiger charge is 2.29. The van der Waals surface area contributed by atoms with Crippen molar-refractivity contribution in [3.8, 4) is 0 Å². The van der Waals surface area contributed by atoms with Gasteiger partial charge in [0.25, 0.3) is 0 Å². The van der Waals surface area contributed by atoms with E-state index in [1.165, 1.54) is 17.0 Å². The van der Waals surface area contributed by atoms with Gasteiger partial charge in [0.15, 0.2) is 0 Å². The molecule has 0 fully saturated rings. The van der Waals surface area contributed by atoms with Crippen LogP contribution in [0, 0.1) is 0 Å². The Labute approximate surface area is 140 Å². The maximum Gasteiger partial charge on any atom is 0.446 e. The molecular formula is C15H13F3N4OS. The molecule has 0 aliphatic carbocycles. The zero-order chi connectivity index (χ0) is 17.3. The number of hydrogen-bond donors (Lipinski definition) is 1. The fourth-order valence-corrected chi connectivity index (χ4v) is 2.97. The zero-order valence-electron chi connectivity index (χ0n) is 12.4. The van der Waals surface area contributed by atoms with Crippen LogP contribution in [-0.2, 0) is 19.5 Å². The number of halogens is 3. The van der Waals surface area contributed by atoms with Crippen LogP contribution in [0.1, 0.15) is 22.6 Å². The van der Waals surface area contributed by atoms with Gasteiger partial charge in [0.1, 0.15) is 5.82 Å². The number of alkyl halides is 3. The Morgan fingerprint density at radius 2 is 1.96 bits per heavy atom. The van der Waals surface area contributed by atoms with Crippen LogP contribution in [0.4, 0.5) is 18.0 Å². The lowest BCUT2D eigenvalue weighted by Gasteiger charge is -2.09. The first-order chi connectivity index (χ1) is 11.3. The molecule has 1 aliphatic rings.